The van der Waals surface area contributed by atoms with E-state index in [1.807, 2.05) is 0 Å². The van der Waals surface area contributed by atoms with E-state index in [1.54, 1.807) is 6.92 Å². The zero-order valence-electron chi connectivity index (χ0n) is 5.83. The number of hydrogen-bond donors (Lipinski definition) is 1. The first-order chi connectivity index (χ1) is 5.18. The molecule has 1 N–H and O–H groups in total. The minimum atomic E-state index is -0.954. The maximum Gasteiger partial charge on any atom is 0.340 e. The van der Waals surface area contributed by atoms with Crippen LogP contribution in [0.25, 0.3) is 0 Å². The molecule has 2 aliphatic heterocycles. The van der Waals surface area contributed by atoms with Crippen LogP contribution in [0.3, 0.4) is 0 Å². The Bertz CT molecular complexity index is 284. The topological polar surface area (TPSA) is 55.8 Å². The van der Waals surface area contributed by atoms with Crippen LogP contribution < -0.4 is 0 Å². The lowest BCUT2D eigenvalue weighted by atomic mass is 10.3. The van der Waals surface area contributed by atoms with Gasteiger partial charge in [-0.05, 0) is 6.92 Å². The van der Waals surface area contributed by atoms with Crippen LogP contribution in [0.1, 0.15) is 6.92 Å². The van der Waals surface area contributed by atoms with Crippen LogP contribution in [-0.4, -0.2) is 17.4 Å². The van der Waals surface area contributed by atoms with Gasteiger partial charge in [0.15, 0.2) is 11.5 Å². The lowest BCUT2D eigenvalue weighted by Crippen LogP contribution is -2.06. The van der Waals surface area contributed by atoms with Gasteiger partial charge in [-0.25, -0.2) is 4.79 Å². The molecule has 0 spiro atoms. The second-order valence-corrected chi connectivity index (χ2v) is 2.41. The molecule has 2 rings (SSSR count). The molecule has 11 heavy (non-hydrogen) atoms. The molecule has 2 aliphatic rings. The summed E-state index contributed by atoms with van der Waals surface area (Å²) in [7, 11) is 0. The third-order valence-corrected chi connectivity index (χ3v) is 1.64. The predicted octanol–water partition coefficient (Wildman–Crippen LogP) is 0.0497. The zero-order chi connectivity index (χ0) is 8.01. The normalized spacial score (nSPS) is 28.0. The van der Waals surface area contributed by atoms with Gasteiger partial charge in [0.25, 0.3) is 0 Å². The van der Waals surface area contributed by atoms with Gasteiger partial charge in [-0.3, -0.25) is 0 Å². The van der Waals surface area contributed by atoms with E-state index < -0.39 is 12.3 Å². The lowest BCUT2D eigenvalue weighted by molar-refractivity contribution is -0.132. The number of rotatable bonds is 0. The number of carbonyl (C=O) groups excluding carboxylic acids is 1. The van der Waals surface area contributed by atoms with E-state index >= 15 is 0 Å². The van der Waals surface area contributed by atoms with Gasteiger partial charge in [0.1, 0.15) is 0 Å². The van der Waals surface area contributed by atoms with Gasteiger partial charge < -0.3 is 14.6 Å². The zero-order valence-corrected chi connectivity index (χ0v) is 5.83. The van der Waals surface area contributed by atoms with Crippen LogP contribution in [0, 0.1) is 0 Å². The first kappa shape index (κ1) is 6.42. The molecule has 1 unspecified atom stereocenters. The average molecular weight is 154 g/mol. The summed E-state index contributed by atoms with van der Waals surface area (Å²) in [5.74, 6) is 0.253. The van der Waals surface area contributed by atoms with Crippen LogP contribution in [0.2, 0.25) is 0 Å². The second-order valence-electron chi connectivity index (χ2n) is 2.41. The van der Waals surface area contributed by atoms with Gasteiger partial charge >= 0.3 is 5.97 Å². The van der Waals surface area contributed by atoms with E-state index in [2.05, 4.69) is 0 Å². The number of carbonyl (C=O) groups is 1. The molecule has 0 aromatic heterocycles. The molecule has 4 nitrogen and oxygen atoms in total. The SMILES string of the molecule is CC1=C2OC(=O)C=C2OC1O. The molecule has 4 heteroatoms. The number of hydrogen-bond acceptors (Lipinski definition) is 4. The van der Waals surface area contributed by atoms with Crippen molar-refractivity contribution in [1.29, 1.82) is 0 Å². The Morgan fingerprint density at radius 2 is 2.36 bits per heavy atom. The highest BCUT2D eigenvalue weighted by Crippen LogP contribution is 2.33. The summed E-state index contributed by atoms with van der Waals surface area (Å²) in [5.41, 5.74) is 0.544. The molecule has 0 aromatic carbocycles. The van der Waals surface area contributed by atoms with Crippen molar-refractivity contribution in [2.45, 2.75) is 13.2 Å². The summed E-state index contributed by atoms with van der Waals surface area (Å²) in [5, 5.41) is 9.08. The van der Waals surface area contributed by atoms with Crippen molar-refractivity contribution in [3.8, 4) is 0 Å². The second kappa shape index (κ2) is 1.85. The fraction of sp³-hybridized carbons (Fsp3) is 0.286. The molecule has 0 saturated carbocycles. The number of aliphatic hydroxyl groups excluding tert-OH is 1. The third kappa shape index (κ3) is 0.760. The minimum absolute atomic E-state index is 0.333. The summed E-state index contributed by atoms with van der Waals surface area (Å²) in [6.07, 6.45) is 0.263. The molecule has 0 aromatic rings. The van der Waals surface area contributed by atoms with Crippen molar-refractivity contribution < 1.29 is 19.4 Å². The Kier molecular flexibility index (Phi) is 1.08. The highest BCUT2D eigenvalue weighted by atomic mass is 16.6. The number of ether oxygens (including phenoxy) is 2. The highest BCUT2D eigenvalue weighted by molar-refractivity contribution is 5.88. The van der Waals surface area contributed by atoms with Crippen molar-refractivity contribution in [2.24, 2.45) is 0 Å². The highest BCUT2D eigenvalue weighted by Gasteiger charge is 2.34. The number of esters is 1. The van der Waals surface area contributed by atoms with Crippen molar-refractivity contribution in [2.75, 3.05) is 0 Å². The van der Waals surface area contributed by atoms with E-state index in [0.717, 1.165) is 0 Å². The maximum atomic E-state index is 10.6. The third-order valence-electron chi connectivity index (χ3n) is 1.64. The molecule has 0 aliphatic carbocycles. The smallest absolute Gasteiger partial charge is 0.340 e. The molecule has 2 heterocycles. The Morgan fingerprint density at radius 1 is 1.64 bits per heavy atom. The summed E-state index contributed by atoms with van der Waals surface area (Å²) >= 11 is 0. The van der Waals surface area contributed by atoms with Crippen LogP contribution in [-0.2, 0) is 14.3 Å². The van der Waals surface area contributed by atoms with Crippen molar-refractivity contribution >= 4 is 5.97 Å². The summed E-state index contributed by atoms with van der Waals surface area (Å²) in [6.45, 7) is 1.65. The van der Waals surface area contributed by atoms with Gasteiger partial charge in [0.2, 0.25) is 6.29 Å². The molecule has 0 fully saturated rings. The summed E-state index contributed by atoms with van der Waals surface area (Å²) in [4.78, 5) is 10.6. The molecule has 1 atom stereocenters. The molecule has 58 valence electrons. The molecule has 0 bridgehead atoms. The van der Waals surface area contributed by atoms with Crippen LogP contribution in [0.15, 0.2) is 23.2 Å². The van der Waals surface area contributed by atoms with Gasteiger partial charge in [-0.1, -0.05) is 0 Å². The van der Waals surface area contributed by atoms with Crippen molar-refractivity contribution in [1.82, 2.24) is 0 Å². The first-order valence-electron chi connectivity index (χ1n) is 3.18. The largest absolute Gasteiger partial charge is 0.457 e. The number of fused-ring (bicyclic) bond motifs is 1. The standard InChI is InChI=1S/C7H6O4/c1-3-6-4(10-7(3)9)2-5(8)11-6/h2,7,9H,1H3. The van der Waals surface area contributed by atoms with Gasteiger partial charge in [-0.15, -0.1) is 0 Å². The maximum absolute atomic E-state index is 10.6. The molecule has 0 amide bonds. The van der Waals surface area contributed by atoms with E-state index in [0.29, 0.717) is 17.1 Å². The molecular weight excluding hydrogens is 148 g/mol. The lowest BCUT2D eigenvalue weighted by Gasteiger charge is -2.01. The first-order valence-corrected chi connectivity index (χ1v) is 3.18. The van der Waals surface area contributed by atoms with Crippen LogP contribution in [0.5, 0.6) is 0 Å². The summed E-state index contributed by atoms with van der Waals surface area (Å²) < 4.78 is 9.60. The van der Waals surface area contributed by atoms with E-state index in [4.69, 9.17) is 14.6 Å². The van der Waals surface area contributed by atoms with E-state index in [-0.39, 0.29) is 0 Å². The van der Waals surface area contributed by atoms with Gasteiger partial charge in [0.05, 0.1) is 6.08 Å². The Hall–Kier alpha value is -1.29. The van der Waals surface area contributed by atoms with E-state index in [9.17, 15) is 4.79 Å². The quantitative estimate of drug-likeness (QED) is 0.501. The average Bonchev–Trinajstić information content (AvgIpc) is 2.37. The molecule has 0 radical (unpaired) electrons. The van der Waals surface area contributed by atoms with Crippen molar-refractivity contribution in [3.63, 3.8) is 0 Å². The monoisotopic (exact) mass is 154 g/mol. The number of aliphatic hydroxyl groups is 1. The Labute approximate surface area is 62.7 Å². The fourth-order valence-electron chi connectivity index (χ4n) is 1.04. The van der Waals surface area contributed by atoms with Crippen LogP contribution >= 0.6 is 0 Å². The molecular formula is C7H6O4. The fourth-order valence-corrected chi connectivity index (χ4v) is 1.04. The minimum Gasteiger partial charge on any atom is -0.457 e. The van der Waals surface area contributed by atoms with Gasteiger partial charge in [0, 0.05) is 5.57 Å². The molecule has 0 saturated heterocycles. The van der Waals surface area contributed by atoms with Crippen molar-refractivity contribution in [3.05, 3.63) is 23.2 Å². The Morgan fingerprint density at radius 3 is 3.00 bits per heavy atom. The summed E-state index contributed by atoms with van der Waals surface area (Å²) in [6, 6.07) is 0. The predicted molar refractivity (Wildman–Crippen MR) is 34.0 cm³/mol. The Balaban J connectivity index is 2.43. The van der Waals surface area contributed by atoms with Gasteiger partial charge in [-0.2, -0.15) is 0 Å². The van der Waals surface area contributed by atoms with Crippen LogP contribution in [0.4, 0.5) is 0 Å². The van der Waals surface area contributed by atoms with E-state index in [1.165, 1.54) is 6.08 Å².